The second-order valence-corrected chi connectivity index (χ2v) is 5.23. The predicted octanol–water partition coefficient (Wildman–Crippen LogP) is 3.28. The number of azo groups is 1. The van der Waals surface area contributed by atoms with Gasteiger partial charge in [0.05, 0.1) is 23.8 Å². The third-order valence-corrected chi connectivity index (χ3v) is 3.29. The Labute approximate surface area is 148 Å². The number of nitrogens with zero attached hydrogens (tertiary/aromatic N) is 3. The van der Waals surface area contributed by atoms with E-state index < -0.39 is 22.7 Å². The summed E-state index contributed by atoms with van der Waals surface area (Å²) in [4.78, 5) is 34.3. The van der Waals surface area contributed by atoms with Crippen LogP contribution in [-0.4, -0.2) is 29.8 Å². The quantitative estimate of drug-likeness (QED) is 0.353. The number of para-hydroxylation sites is 1. The topological polar surface area (TPSA) is 123 Å². The Morgan fingerprint density at radius 1 is 1.19 bits per heavy atom. The predicted molar refractivity (Wildman–Crippen MR) is 93.7 cm³/mol. The van der Waals surface area contributed by atoms with Gasteiger partial charge in [0.25, 0.3) is 11.6 Å². The molecule has 0 fully saturated rings. The highest BCUT2D eigenvalue weighted by Gasteiger charge is 2.23. The van der Waals surface area contributed by atoms with Gasteiger partial charge in [-0.15, -0.1) is 0 Å². The number of nitro groups is 1. The minimum atomic E-state index is -1.37. The van der Waals surface area contributed by atoms with Crippen molar-refractivity contribution in [3.8, 4) is 5.75 Å². The molecule has 1 atom stereocenters. The van der Waals surface area contributed by atoms with Crippen molar-refractivity contribution >= 4 is 28.8 Å². The summed E-state index contributed by atoms with van der Waals surface area (Å²) in [5.41, 5.74) is 0.359. The molecule has 0 bridgehead atoms. The van der Waals surface area contributed by atoms with E-state index in [4.69, 9.17) is 4.74 Å². The molecule has 134 valence electrons. The van der Waals surface area contributed by atoms with Crippen LogP contribution < -0.4 is 10.1 Å². The van der Waals surface area contributed by atoms with Gasteiger partial charge in [0.2, 0.25) is 6.04 Å². The molecule has 9 heteroatoms. The zero-order valence-electron chi connectivity index (χ0n) is 14.1. The number of nitro benzene ring substituents is 1. The summed E-state index contributed by atoms with van der Waals surface area (Å²) >= 11 is 0. The summed E-state index contributed by atoms with van der Waals surface area (Å²) in [5.74, 6) is -0.953. The van der Waals surface area contributed by atoms with Crippen LogP contribution in [0.1, 0.15) is 6.92 Å². The largest absolute Gasteiger partial charge is 0.496 e. The highest BCUT2D eigenvalue weighted by atomic mass is 16.6. The van der Waals surface area contributed by atoms with Crippen LogP contribution in [0.3, 0.4) is 0 Å². The zero-order chi connectivity index (χ0) is 19.1. The fraction of sp³-hybridized carbons (Fsp3) is 0.176. The number of benzene rings is 2. The molecule has 1 N–H and O–H groups in total. The fourth-order valence-electron chi connectivity index (χ4n) is 2.02. The Morgan fingerprint density at radius 2 is 1.88 bits per heavy atom. The summed E-state index contributed by atoms with van der Waals surface area (Å²) < 4.78 is 4.97. The van der Waals surface area contributed by atoms with Gasteiger partial charge in [-0.05, 0) is 19.1 Å². The van der Waals surface area contributed by atoms with Crippen LogP contribution in [-0.2, 0) is 9.59 Å². The minimum Gasteiger partial charge on any atom is -0.496 e. The SMILES string of the molecule is COc1cc(N=NC(C(C)=O)C(=O)Nc2ccccc2)cc([N+](=O)[O-])c1. The molecule has 0 aliphatic heterocycles. The van der Waals surface area contributed by atoms with Crippen molar-refractivity contribution in [1.82, 2.24) is 0 Å². The molecular formula is C17H16N4O5. The van der Waals surface area contributed by atoms with Gasteiger partial charge in [0.1, 0.15) is 5.75 Å². The summed E-state index contributed by atoms with van der Waals surface area (Å²) in [6.45, 7) is 1.21. The maximum atomic E-state index is 12.3. The van der Waals surface area contributed by atoms with E-state index in [-0.39, 0.29) is 17.1 Å². The number of anilines is 1. The van der Waals surface area contributed by atoms with Gasteiger partial charge in [-0.3, -0.25) is 19.7 Å². The van der Waals surface area contributed by atoms with Gasteiger partial charge >= 0.3 is 0 Å². The van der Waals surface area contributed by atoms with Gasteiger partial charge < -0.3 is 10.1 Å². The Hall–Kier alpha value is -3.62. The van der Waals surface area contributed by atoms with Gasteiger partial charge in [0, 0.05) is 17.8 Å². The second kappa shape index (κ2) is 8.47. The lowest BCUT2D eigenvalue weighted by Crippen LogP contribution is -2.31. The highest BCUT2D eigenvalue weighted by Crippen LogP contribution is 2.28. The first-order valence-electron chi connectivity index (χ1n) is 7.51. The molecule has 0 radical (unpaired) electrons. The molecule has 26 heavy (non-hydrogen) atoms. The van der Waals surface area contributed by atoms with E-state index in [9.17, 15) is 19.7 Å². The summed E-state index contributed by atoms with van der Waals surface area (Å²) in [6, 6.07) is 11.0. The molecule has 1 amide bonds. The number of amides is 1. The van der Waals surface area contributed by atoms with Gasteiger partial charge in [-0.25, -0.2) is 0 Å². The molecule has 9 nitrogen and oxygen atoms in total. The number of ether oxygens (including phenoxy) is 1. The zero-order valence-corrected chi connectivity index (χ0v) is 14.1. The molecule has 0 saturated heterocycles. The van der Waals surface area contributed by atoms with E-state index in [0.717, 1.165) is 6.07 Å². The highest BCUT2D eigenvalue weighted by molar-refractivity contribution is 6.10. The molecule has 0 aliphatic rings. The maximum absolute atomic E-state index is 12.3. The van der Waals surface area contributed by atoms with E-state index in [1.54, 1.807) is 30.3 Å². The molecule has 0 saturated carbocycles. The molecule has 0 aliphatic carbocycles. The van der Waals surface area contributed by atoms with Gasteiger partial charge in [-0.1, -0.05) is 18.2 Å². The molecule has 2 aromatic carbocycles. The molecule has 2 aromatic rings. The van der Waals surface area contributed by atoms with Crippen LogP contribution in [0.25, 0.3) is 0 Å². The molecule has 0 spiro atoms. The Bertz CT molecular complexity index is 851. The molecule has 0 aromatic heterocycles. The lowest BCUT2D eigenvalue weighted by atomic mass is 10.2. The number of hydrogen-bond acceptors (Lipinski definition) is 7. The monoisotopic (exact) mass is 356 g/mol. The number of carbonyl (C=O) groups excluding carboxylic acids is 2. The number of hydrogen-bond donors (Lipinski definition) is 1. The summed E-state index contributed by atoms with van der Waals surface area (Å²) in [5, 5.41) is 21.1. The van der Waals surface area contributed by atoms with E-state index in [1.165, 1.54) is 26.2 Å². The van der Waals surface area contributed by atoms with Crippen molar-refractivity contribution in [2.75, 3.05) is 12.4 Å². The van der Waals surface area contributed by atoms with E-state index >= 15 is 0 Å². The van der Waals surface area contributed by atoms with Crippen molar-refractivity contribution in [2.45, 2.75) is 13.0 Å². The van der Waals surface area contributed by atoms with E-state index in [2.05, 4.69) is 15.5 Å². The first-order chi connectivity index (χ1) is 12.4. The van der Waals surface area contributed by atoms with Crippen LogP contribution >= 0.6 is 0 Å². The number of non-ortho nitro benzene ring substituents is 1. The van der Waals surface area contributed by atoms with Gasteiger partial charge in [-0.2, -0.15) is 10.2 Å². The van der Waals surface area contributed by atoms with E-state index in [0.29, 0.717) is 5.69 Å². The van der Waals surface area contributed by atoms with Crippen LogP contribution in [0.5, 0.6) is 5.75 Å². The Balaban J connectivity index is 2.24. The third kappa shape index (κ3) is 4.94. The first-order valence-corrected chi connectivity index (χ1v) is 7.51. The molecule has 2 rings (SSSR count). The van der Waals surface area contributed by atoms with Crippen molar-refractivity contribution < 1.29 is 19.2 Å². The van der Waals surface area contributed by atoms with Crippen LogP contribution in [0.4, 0.5) is 17.1 Å². The smallest absolute Gasteiger partial charge is 0.275 e. The van der Waals surface area contributed by atoms with Crippen molar-refractivity contribution in [1.29, 1.82) is 0 Å². The number of ketones is 1. The number of nitrogens with one attached hydrogen (secondary N) is 1. The lowest BCUT2D eigenvalue weighted by Gasteiger charge is -2.09. The second-order valence-electron chi connectivity index (χ2n) is 5.23. The molecule has 1 unspecified atom stereocenters. The standard InChI is InChI=1S/C17H16N4O5/c1-11(22)16(17(23)18-12-6-4-3-5-7-12)20-19-13-8-14(21(24)25)10-15(9-13)26-2/h3-10,16H,1-2H3,(H,18,23). The Morgan fingerprint density at radius 3 is 2.46 bits per heavy atom. The third-order valence-electron chi connectivity index (χ3n) is 3.29. The van der Waals surface area contributed by atoms with Crippen LogP contribution in [0.2, 0.25) is 0 Å². The van der Waals surface area contributed by atoms with Crippen molar-refractivity contribution in [2.24, 2.45) is 10.2 Å². The number of carbonyl (C=O) groups is 2. The van der Waals surface area contributed by atoms with Gasteiger partial charge in [0.15, 0.2) is 5.78 Å². The Kier molecular flexibility index (Phi) is 6.10. The normalized spacial score (nSPS) is 11.8. The number of rotatable bonds is 7. The average molecular weight is 356 g/mol. The maximum Gasteiger partial charge on any atom is 0.275 e. The number of Topliss-reactive ketones (excluding diaryl/α,β-unsaturated/α-hetero) is 1. The van der Waals surface area contributed by atoms with Crippen LogP contribution in [0, 0.1) is 10.1 Å². The first kappa shape index (κ1) is 18.7. The summed E-state index contributed by atoms with van der Waals surface area (Å²) in [6.07, 6.45) is 0. The minimum absolute atomic E-state index is 0.0924. The lowest BCUT2D eigenvalue weighted by molar-refractivity contribution is -0.384. The molecule has 0 heterocycles. The van der Waals surface area contributed by atoms with Crippen molar-refractivity contribution in [3.05, 3.63) is 58.6 Å². The summed E-state index contributed by atoms with van der Waals surface area (Å²) in [7, 11) is 1.35. The molecular weight excluding hydrogens is 340 g/mol. The van der Waals surface area contributed by atoms with Crippen LogP contribution in [0.15, 0.2) is 58.8 Å². The number of methoxy groups -OCH3 is 1. The fourth-order valence-corrected chi connectivity index (χ4v) is 2.02. The average Bonchev–Trinajstić information content (AvgIpc) is 2.62. The van der Waals surface area contributed by atoms with Crippen molar-refractivity contribution in [3.63, 3.8) is 0 Å². The van der Waals surface area contributed by atoms with E-state index in [1.807, 2.05) is 0 Å².